The quantitative estimate of drug-likeness (QED) is 0.642. The van der Waals surface area contributed by atoms with E-state index in [4.69, 9.17) is 5.73 Å². The Hall–Kier alpha value is -0.890. The van der Waals surface area contributed by atoms with Crippen molar-refractivity contribution < 1.29 is 4.39 Å². The lowest BCUT2D eigenvalue weighted by molar-refractivity contribution is 0.395. The van der Waals surface area contributed by atoms with Crippen molar-refractivity contribution in [2.45, 2.75) is 12.6 Å². The van der Waals surface area contributed by atoms with E-state index in [0.29, 0.717) is 5.57 Å². The van der Waals surface area contributed by atoms with Crippen LogP contribution in [0.25, 0.3) is 0 Å². The Kier molecular flexibility index (Phi) is 3.05. The molecule has 0 saturated carbocycles. The standard InChI is InChI=1S/C9H12FN/c10-9(7-11)8-5-3-1-2-4-6-8/h1-3,5-6,9H,4,7,11H2. The van der Waals surface area contributed by atoms with Crippen molar-refractivity contribution in [3.8, 4) is 0 Å². The average Bonchev–Trinajstić information content (AvgIpc) is 2.30. The molecule has 2 N–H and O–H groups in total. The second-order valence-electron chi connectivity index (χ2n) is 2.43. The van der Waals surface area contributed by atoms with Gasteiger partial charge >= 0.3 is 0 Å². The zero-order chi connectivity index (χ0) is 8.10. The van der Waals surface area contributed by atoms with E-state index >= 15 is 0 Å². The highest BCUT2D eigenvalue weighted by Crippen LogP contribution is 2.11. The van der Waals surface area contributed by atoms with Crippen molar-refractivity contribution in [3.63, 3.8) is 0 Å². The van der Waals surface area contributed by atoms with Gasteiger partial charge in [0.2, 0.25) is 0 Å². The first-order valence-corrected chi connectivity index (χ1v) is 3.72. The van der Waals surface area contributed by atoms with Crippen molar-refractivity contribution >= 4 is 0 Å². The molecular weight excluding hydrogens is 141 g/mol. The van der Waals surface area contributed by atoms with Crippen LogP contribution >= 0.6 is 0 Å². The van der Waals surface area contributed by atoms with Crippen molar-refractivity contribution in [1.82, 2.24) is 0 Å². The van der Waals surface area contributed by atoms with Gasteiger partial charge in [0, 0.05) is 6.54 Å². The molecule has 2 heteroatoms. The summed E-state index contributed by atoms with van der Waals surface area (Å²) in [5, 5.41) is 0. The highest BCUT2D eigenvalue weighted by Gasteiger charge is 2.06. The van der Waals surface area contributed by atoms with E-state index in [0.717, 1.165) is 6.42 Å². The summed E-state index contributed by atoms with van der Waals surface area (Å²) in [4.78, 5) is 0. The molecule has 60 valence electrons. The molecule has 1 aliphatic carbocycles. The largest absolute Gasteiger partial charge is 0.327 e. The lowest BCUT2D eigenvalue weighted by atomic mass is 10.1. The second-order valence-corrected chi connectivity index (χ2v) is 2.43. The molecule has 0 aliphatic heterocycles. The molecule has 0 aromatic heterocycles. The fourth-order valence-electron chi connectivity index (χ4n) is 0.964. The fraction of sp³-hybridized carbons (Fsp3) is 0.333. The summed E-state index contributed by atoms with van der Waals surface area (Å²) in [6.07, 6.45) is 9.13. The second kappa shape index (κ2) is 4.09. The Labute approximate surface area is 66.1 Å². The molecule has 0 spiro atoms. The predicted molar refractivity (Wildman–Crippen MR) is 44.9 cm³/mol. The molecule has 0 heterocycles. The normalized spacial score (nSPS) is 19.3. The van der Waals surface area contributed by atoms with Crippen LogP contribution in [0.4, 0.5) is 4.39 Å². The van der Waals surface area contributed by atoms with Gasteiger partial charge in [-0.15, -0.1) is 0 Å². The van der Waals surface area contributed by atoms with Crippen LogP contribution in [0.1, 0.15) is 6.42 Å². The first-order chi connectivity index (χ1) is 5.34. The molecule has 1 aliphatic rings. The number of rotatable bonds is 2. The van der Waals surface area contributed by atoms with E-state index in [1.807, 2.05) is 24.3 Å². The summed E-state index contributed by atoms with van der Waals surface area (Å²) in [6, 6.07) is 0. The van der Waals surface area contributed by atoms with E-state index in [-0.39, 0.29) is 6.54 Å². The Morgan fingerprint density at radius 2 is 2.36 bits per heavy atom. The number of allylic oxidation sites excluding steroid dienone is 5. The van der Waals surface area contributed by atoms with Gasteiger partial charge in [0.25, 0.3) is 0 Å². The van der Waals surface area contributed by atoms with Crippen LogP contribution in [0.15, 0.2) is 36.0 Å². The van der Waals surface area contributed by atoms with Crippen molar-refractivity contribution in [2.24, 2.45) is 5.73 Å². The summed E-state index contributed by atoms with van der Waals surface area (Å²) in [7, 11) is 0. The molecule has 0 fully saturated rings. The number of alkyl halides is 1. The van der Waals surface area contributed by atoms with Gasteiger partial charge in [-0.25, -0.2) is 4.39 Å². The van der Waals surface area contributed by atoms with Crippen LogP contribution in [0.2, 0.25) is 0 Å². The summed E-state index contributed by atoms with van der Waals surface area (Å²) in [5.41, 5.74) is 5.88. The van der Waals surface area contributed by atoms with Crippen LogP contribution in [0.5, 0.6) is 0 Å². The van der Waals surface area contributed by atoms with Gasteiger partial charge in [0.05, 0.1) is 0 Å². The van der Waals surface area contributed by atoms with Gasteiger partial charge in [-0.2, -0.15) is 0 Å². The first-order valence-electron chi connectivity index (χ1n) is 3.72. The molecule has 0 aromatic carbocycles. The lowest BCUT2D eigenvalue weighted by Gasteiger charge is -2.04. The van der Waals surface area contributed by atoms with Crippen LogP contribution in [0, 0.1) is 0 Å². The molecule has 1 atom stereocenters. The molecule has 0 saturated heterocycles. The molecule has 1 nitrogen and oxygen atoms in total. The third kappa shape index (κ3) is 2.31. The van der Waals surface area contributed by atoms with E-state index in [1.54, 1.807) is 6.08 Å². The van der Waals surface area contributed by atoms with Gasteiger partial charge in [0.1, 0.15) is 6.17 Å². The third-order valence-electron chi connectivity index (χ3n) is 1.59. The molecule has 0 amide bonds. The van der Waals surface area contributed by atoms with Gasteiger partial charge in [-0.05, 0) is 12.0 Å². The lowest BCUT2D eigenvalue weighted by Crippen LogP contribution is -2.16. The Balaban J connectivity index is 2.64. The van der Waals surface area contributed by atoms with Gasteiger partial charge in [-0.3, -0.25) is 0 Å². The zero-order valence-corrected chi connectivity index (χ0v) is 6.33. The molecule has 0 radical (unpaired) electrons. The number of hydrogen-bond donors (Lipinski definition) is 1. The fourth-order valence-corrected chi connectivity index (χ4v) is 0.964. The van der Waals surface area contributed by atoms with Crippen molar-refractivity contribution in [1.29, 1.82) is 0 Å². The molecular formula is C9H12FN. The Morgan fingerprint density at radius 1 is 1.55 bits per heavy atom. The van der Waals surface area contributed by atoms with E-state index in [9.17, 15) is 4.39 Å². The highest BCUT2D eigenvalue weighted by atomic mass is 19.1. The van der Waals surface area contributed by atoms with Crippen LogP contribution in [0.3, 0.4) is 0 Å². The minimum Gasteiger partial charge on any atom is -0.327 e. The summed E-state index contributed by atoms with van der Waals surface area (Å²) >= 11 is 0. The Morgan fingerprint density at radius 3 is 3.09 bits per heavy atom. The monoisotopic (exact) mass is 153 g/mol. The molecule has 1 rings (SSSR count). The molecule has 1 unspecified atom stereocenters. The summed E-state index contributed by atoms with van der Waals surface area (Å²) in [5.74, 6) is 0. The summed E-state index contributed by atoms with van der Waals surface area (Å²) in [6.45, 7) is 0.0656. The van der Waals surface area contributed by atoms with Crippen LogP contribution in [-0.2, 0) is 0 Å². The van der Waals surface area contributed by atoms with Crippen molar-refractivity contribution in [2.75, 3.05) is 6.54 Å². The minimum absolute atomic E-state index is 0.0656. The van der Waals surface area contributed by atoms with Gasteiger partial charge in [-0.1, -0.05) is 30.4 Å². The predicted octanol–water partition coefficient (Wildman–Crippen LogP) is 1.73. The Bertz CT molecular complexity index is 204. The van der Waals surface area contributed by atoms with Crippen LogP contribution < -0.4 is 5.73 Å². The van der Waals surface area contributed by atoms with Crippen LogP contribution in [-0.4, -0.2) is 12.7 Å². The zero-order valence-electron chi connectivity index (χ0n) is 6.33. The highest BCUT2D eigenvalue weighted by molar-refractivity contribution is 5.29. The molecule has 11 heavy (non-hydrogen) atoms. The van der Waals surface area contributed by atoms with E-state index in [2.05, 4.69) is 0 Å². The maximum Gasteiger partial charge on any atom is 0.137 e. The van der Waals surface area contributed by atoms with Crippen molar-refractivity contribution in [3.05, 3.63) is 36.0 Å². The smallest absolute Gasteiger partial charge is 0.137 e. The maximum absolute atomic E-state index is 12.9. The molecule has 0 bridgehead atoms. The maximum atomic E-state index is 12.9. The van der Waals surface area contributed by atoms with Gasteiger partial charge in [0.15, 0.2) is 0 Å². The minimum atomic E-state index is -1.01. The number of nitrogens with two attached hydrogens (primary N) is 1. The van der Waals surface area contributed by atoms with Gasteiger partial charge < -0.3 is 5.73 Å². The topological polar surface area (TPSA) is 26.0 Å². The third-order valence-corrected chi connectivity index (χ3v) is 1.59. The number of hydrogen-bond acceptors (Lipinski definition) is 1. The number of halogens is 1. The van der Waals surface area contributed by atoms with E-state index in [1.165, 1.54) is 0 Å². The van der Waals surface area contributed by atoms with E-state index < -0.39 is 6.17 Å². The molecule has 0 aromatic rings. The average molecular weight is 153 g/mol. The SMILES string of the molecule is NCC(F)C1=CCC=CC=C1. The first kappa shape index (κ1) is 8.21. The summed E-state index contributed by atoms with van der Waals surface area (Å²) < 4.78 is 12.9.